The van der Waals surface area contributed by atoms with E-state index in [2.05, 4.69) is 0 Å². The fourth-order valence-corrected chi connectivity index (χ4v) is 3.89. The average molecular weight is 320 g/mol. The Kier molecular flexibility index (Phi) is 7.05. The van der Waals surface area contributed by atoms with Crippen molar-refractivity contribution in [2.24, 2.45) is 0 Å². The lowest BCUT2D eigenvalue weighted by Crippen LogP contribution is -2.58. The van der Waals surface area contributed by atoms with E-state index in [9.17, 15) is 9.59 Å². The third kappa shape index (κ3) is 7.59. The first-order valence-electron chi connectivity index (χ1n) is 7.16. The summed E-state index contributed by atoms with van der Waals surface area (Å²) in [5, 5.41) is 0. The van der Waals surface area contributed by atoms with Gasteiger partial charge in [-0.1, -0.05) is 13.8 Å². The number of hydrogen-bond donors (Lipinski definition) is 0. The van der Waals surface area contributed by atoms with Gasteiger partial charge in [0.15, 0.2) is 0 Å². The molecule has 0 aliphatic carbocycles. The molecule has 7 heteroatoms. The van der Waals surface area contributed by atoms with Crippen molar-refractivity contribution < 1.29 is 27.3 Å². The molecular formula is C14H28O6Si. The second kappa shape index (κ2) is 7.37. The minimum absolute atomic E-state index is 0.610. The van der Waals surface area contributed by atoms with Crippen molar-refractivity contribution in [3.63, 3.8) is 0 Å². The van der Waals surface area contributed by atoms with Gasteiger partial charge in [0.2, 0.25) is 0 Å². The van der Waals surface area contributed by atoms with Gasteiger partial charge in [-0.3, -0.25) is 9.59 Å². The predicted molar refractivity (Wildman–Crippen MR) is 80.2 cm³/mol. The lowest BCUT2D eigenvalue weighted by molar-refractivity contribution is -0.162. The zero-order valence-electron chi connectivity index (χ0n) is 14.4. The first-order valence-corrected chi connectivity index (χ1v) is 8.80. The molecule has 0 bridgehead atoms. The highest BCUT2D eigenvalue weighted by Crippen LogP contribution is 2.29. The molecule has 0 aromatic carbocycles. The molecule has 6 nitrogen and oxygen atoms in total. The van der Waals surface area contributed by atoms with Crippen molar-refractivity contribution >= 4 is 21.0 Å². The summed E-state index contributed by atoms with van der Waals surface area (Å²) in [6, 6.07) is 0. The van der Waals surface area contributed by atoms with Crippen LogP contribution in [0.25, 0.3) is 0 Å². The molecule has 124 valence electrons. The number of carbonyl (C=O) groups is 2. The lowest BCUT2D eigenvalue weighted by atomic mass is 10.1. The SMILES string of the molecule is CCC(C)(C)O[Si](OC(C)=O)(OC(C)=O)OC(C)(C)CC. The molecule has 0 aromatic heterocycles. The van der Waals surface area contributed by atoms with Crippen molar-refractivity contribution in [1.82, 2.24) is 0 Å². The van der Waals surface area contributed by atoms with E-state index < -0.39 is 32.2 Å². The van der Waals surface area contributed by atoms with Crippen LogP contribution in [0.5, 0.6) is 0 Å². The van der Waals surface area contributed by atoms with Gasteiger partial charge in [-0.25, -0.2) is 0 Å². The second-order valence-electron chi connectivity index (χ2n) is 6.12. The first-order chi connectivity index (χ1) is 9.37. The summed E-state index contributed by atoms with van der Waals surface area (Å²) >= 11 is 0. The van der Waals surface area contributed by atoms with Crippen LogP contribution in [0.1, 0.15) is 68.2 Å². The van der Waals surface area contributed by atoms with Crippen LogP contribution in [0.15, 0.2) is 0 Å². The highest BCUT2D eigenvalue weighted by Gasteiger charge is 2.59. The van der Waals surface area contributed by atoms with Crippen LogP contribution < -0.4 is 0 Å². The molecule has 21 heavy (non-hydrogen) atoms. The summed E-state index contributed by atoms with van der Waals surface area (Å²) in [5.41, 5.74) is -1.30. The Morgan fingerprint density at radius 1 is 0.810 bits per heavy atom. The van der Waals surface area contributed by atoms with Gasteiger partial charge in [-0.2, -0.15) is 0 Å². The van der Waals surface area contributed by atoms with Crippen LogP contribution in [0.4, 0.5) is 0 Å². The molecule has 0 heterocycles. The maximum absolute atomic E-state index is 11.5. The number of hydrogen-bond acceptors (Lipinski definition) is 6. The minimum Gasteiger partial charge on any atom is -0.442 e. The highest BCUT2D eigenvalue weighted by atomic mass is 28.4. The van der Waals surface area contributed by atoms with Gasteiger partial charge in [0, 0.05) is 13.8 Å². The van der Waals surface area contributed by atoms with Crippen LogP contribution in [-0.2, 0) is 27.3 Å². The Hall–Kier alpha value is -0.923. The zero-order chi connectivity index (χ0) is 16.9. The molecule has 0 N–H and O–H groups in total. The highest BCUT2D eigenvalue weighted by molar-refractivity contribution is 6.57. The molecule has 0 radical (unpaired) electrons. The molecule has 0 atom stereocenters. The normalized spacial score (nSPS) is 13.0. The van der Waals surface area contributed by atoms with Crippen molar-refractivity contribution in [2.45, 2.75) is 79.4 Å². The zero-order valence-corrected chi connectivity index (χ0v) is 15.4. The fourth-order valence-electron chi connectivity index (χ4n) is 1.30. The predicted octanol–water partition coefficient (Wildman–Crippen LogP) is 2.96. The monoisotopic (exact) mass is 320 g/mol. The van der Waals surface area contributed by atoms with Crippen LogP contribution in [0.3, 0.4) is 0 Å². The van der Waals surface area contributed by atoms with E-state index in [1.807, 2.05) is 41.5 Å². The van der Waals surface area contributed by atoms with E-state index in [0.717, 1.165) is 0 Å². The Bertz CT molecular complexity index is 342. The minimum atomic E-state index is -3.93. The van der Waals surface area contributed by atoms with Crippen LogP contribution in [0, 0.1) is 0 Å². The summed E-state index contributed by atoms with van der Waals surface area (Å²) < 4.78 is 22.2. The topological polar surface area (TPSA) is 71.1 Å². The first kappa shape index (κ1) is 20.1. The van der Waals surface area contributed by atoms with E-state index in [4.69, 9.17) is 17.7 Å². The largest absolute Gasteiger partial charge is 0.825 e. The van der Waals surface area contributed by atoms with E-state index >= 15 is 0 Å². The fraction of sp³-hybridized carbons (Fsp3) is 0.857. The Balaban J connectivity index is 5.61. The van der Waals surface area contributed by atoms with Gasteiger partial charge < -0.3 is 17.7 Å². The standard InChI is InChI=1S/C14H28O6Si/c1-9-13(5,6)19-21(17-11(3)15,18-12(4)16)20-14(7,8)10-2/h9-10H2,1-8H3. The molecule has 0 spiro atoms. The Morgan fingerprint density at radius 2 is 1.10 bits per heavy atom. The third-order valence-corrected chi connectivity index (χ3v) is 5.72. The molecule has 0 aliphatic rings. The van der Waals surface area contributed by atoms with E-state index in [1.54, 1.807) is 0 Å². The maximum atomic E-state index is 11.5. The third-order valence-electron chi connectivity index (χ3n) is 3.04. The summed E-state index contributed by atoms with van der Waals surface area (Å²) in [7, 11) is -3.93. The smallest absolute Gasteiger partial charge is 0.442 e. The van der Waals surface area contributed by atoms with E-state index in [-0.39, 0.29) is 0 Å². The molecule has 0 fully saturated rings. The molecule has 0 amide bonds. The van der Waals surface area contributed by atoms with Crippen LogP contribution in [0.2, 0.25) is 0 Å². The van der Waals surface area contributed by atoms with E-state index in [1.165, 1.54) is 13.8 Å². The second-order valence-corrected chi connectivity index (χ2v) is 7.93. The molecule has 0 rings (SSSR count). The van der Waals surface area contributed by atoms with Gasteiger partial charge in [0.05, 0.1) is 11.2 Å². The Morgan fingerprint density at radius 3 is 1.29 bits per heavy atom. The summed E-state index contributed by atoms with van der Waals surface area (Å²) in [4.78, 5) is 22.9. The molecule has 0 unspecified atom stereocenters. The van der Waals surface area contributed by atoms with Crippen LogP contribution >= 0.6 is 0 Å². The summed E-state index contributed by atoms with van der Waals surface area (Å²) in [6.45, 7) is 13.6. The van der Waals surface area contributed by atoms with Gasteiger partial charge in [0.25, 0.3) is 11.9 Å². The average Bonchev–Trinajstić information content (AvgIpc) is 2.25. The number of rotatable bonds is 8. The van der Waals surface area contributed by atoms with Crippen LogP contribution in [-0.4, -0.2) is 32.2 Å². The molecule has 0 aliphatic heterocycles. The number of carbonyl (C=O) groups excluding carboxylic acids is 2. The molecule has 0 saturated heterocycles. The quantitative estimate of drug-likeness (QED) is 0.640. The van der Waals surface area contributed by atoms with E-state index in [0.29, 0.717) is 12.8 Å². The molecule has 0 saturated carbocycles. The molecule has 0 aromatic rings. The van der Waals surface area contributed by atoms with Gasteiger partial charge in [0.1, 0.15) is 0 Å². The summed E-state index contributed by atoms with van der Waals surface area (Å²) in [6.07, 6.45) is 1.28. The Labute approximate surface area is 128 Å². The lowest BCUT2D eigenvalue weighted by Gasteiger charge is -2.37. The van der Waals surface area contributed by atoms with Gasteiger partial charge in [-0.15, -0.1) is 0 Å². The van der Waals surface area contributed by atoms with Gasteiger partial charge in [-0.05, 0) is 40.5 Å². The van der Waals surface area contributed by atoms with Gasteiger partial charge >= 0.3 is 9.05 Å². The molecular weight excluding hydrogens is 292 g/mol. The summed E-state index contributed by atoms with van der Waals surface area (Å²) in [5.74, 6) is -1.22. The maximum Gasteiger partial charge on any atom is 0.825 e. The van der Waals surface area contributed by atoms with Crippen molar-refractivity contribution in [1.29, 1.82) is 0 Å². The van der Waals surface area contributed by atoms with Crippen molar-refractivity contribution in [3.05, 3.63) is 0 Å². The van der Waals surface area contributed by atoms with Crippen molar-refractivity contribution in [3.8, 4) is 0 Å². The van der Waals surface area contributed by atoms with Crippen molar-refractivity contribution in [2.75, 3.05) is 0 Å².